The van der Waals surface area contributed by atoms with Gasteiger partial charge in [0.2, 0.25) is 11.8 Å². The Balaban J connectivity index is 2.38. The van der Waals surface area contributed by atoms with Gasteiger partial charge in [-0.3, -0.25) is 4.79 Å². The number of carbonyl (C=O) groups is 2. The number of amides is 1. The fourth-order valence-electron chi connectivity index (χ4n) is 3.46. The highest BCUT2D eigenvalue weighted by Gasteiger charge is 2.59. The first-order valence-corrected chi connectivity index (χ1v) is 8.16. The first-order chi connectivity index (χ1) is 12.2. The van der Waals surface area contributed by atoms with Gasteiger partial charge in [0.1, 0.15) is 23.0 Å². The zero-order chi connectivity index (χ0) is 19.2. The number of benzene rings is 1. The number of hydrogen-bond donors (Lipinski definition) is 2. The predicted molar refractivity (Wildman–Crippen MR) is 93.3 cm³/mol. The van der Waals surface area contributed by atoms with Crippen molar-refractivity contribution in [3.8, 4) is 6.07 Å². The number of anilines is 1. The fraction of sp³-hybridized carbons (Fsp3) is 0.316. The molecule has 2 aliphatic rings. The van der Waals surface area contributed by atoms with Crippen molar-refractivity contribution in [2.75, 3.05) is 5.32 Å². The lowest BCUT2D eigenvalue weighted by molar-refractivity contribution is -0.144. The molecule has 0 saturated heterocycles. The van der Waals surface area contributed by atoms with Gasteiger partial charge in [0, 0.05) is 11.3 Å². The third kappa shape index (κ3) is 2.26. The van der Waals surface area contributed by atoms with Crippen LogP contribution < -0.4 is 11.1 Å². The summed E-state index contributed by atoms with van der Waals surface area (Å²) in [6.07, 6.45) is -0.407. The molecule has 0 saturated carbocycles. The molecule has 3 rings (SSSR count). The summed E-state index contributed by atoms with van der Waals surface area (Å²) in [6.45, 7) is 6.79. The molecular weight excluding hydrogens is 334 g/mol. The van der Waals surface area contributed by atoms with Crippen LogP contribution in [0.5, 0.6) is 0 Å². The monoisotopic (exact) mass is 353 g/mol. The van der Waals surface area contributed by atoms with Crippen molar-refractivity contribution in [1.82, 2.24) is 0 Å². The van der Waals surface area contributed by atoms with Gasteiger partial charge in [0.05, 0.1) is 6.10 Å². The third-order valence-corrected chi connectivity index (χ3v) is 4.44. The first-order valence-electron chi connectivity index (χ1n) is 8.16. The Labute approximate surface area is 151 Å². The summed E-state index contributed by atoms with van der Waals surface area (Å²) >= 11 is 0. The molecule has 7 nitrogen and oxygen atoms in total. The number of esters is 1. The molecule has 0 fully saturated rings. The molecule has 1 spiro atoms. The van der Waals surface area contributed by atoms with Crippen LogP contribution in [0.25, 0.3) is 0 Å². The molecule has 134 valence electrons. The lowest BCUT2D eigenvalue weighted by Gasteiger charge is -2.34. The lowest BCUT2D eigenvalue weighted by atomic mass is 9.68. The second kappa shape index (κ2) is 5.92. The number of nitrogens with one attached hydrogen (secondary N) is 1. The summed E-state index contributed by atoms with van der Waals surface area (Å²) < 4.78 is 10.8. The maximum absolute atomic E-state index is 13.1. The highest BCUT2D eigenvalue weighted by atomic mass is 16.5. The second-order valence-corrected chi connectivity index (χ2v) is 6.59. The Morgan fingerprint density at radius 3 is 2.69 bits per heavy atom. The minimum absolute atomic E-state index is 0.0289. The van der Waals surface area contributed by atoms with Gasteiger partial charge in [-0.05, 0) is 33.8 Å². The third-order valence-electron chi connectivity index (χ3n) is 4.44. The number of aryl methyl sites for hydroxylation is 1. The highest BCUT2D eigenvalue weighted by Crippen LogP contribution is 2.52. The standard InChI is InChI=1S/C19H19N3O4/c1-9(2)25-17(23)15-11(4)26-16(21)13(8-20)19(15)12-7-10(3)5-6-14(12)22-18(19)24/h5-7,9H,21H2,1-4H3,(H,22,24)/t19-/m0/s1. The zero-order valence-electron chi connectivity index (χ0n) is 15.0. The molecule has 1 aromatic carbocycles. The summed E-state index contributed by atoms with van der Waals surface area (Å²) in [5.74, 6) is -1.31. The van der Waals surface area contributed by atoms with Crippen molar-refractivity contribution in [1.29, 1.82) is 5.26 Å². The molecule has 1 atom stereocenters. The number of allylic oxidation sites excluding steroid dienone is 1. The van der Waals surface area contributed by atoms with Gasteiger partial charge in [-0.25, -0.2) is 4.79 Å². The van der Waals surface area contributed by atoms with Gasteiger partial charge in [0.25, 0.3) is 0 Å². The average Bonchev–Trinajstić information content (AvgIpc) is 2.80. The van der Waals surface area contributed by atoms with E-state index in [0.29, 0.717) is 11.3 Å². The SMILES string of the molecule is CC1=C(C(=O)OC(C)C)[C@@]2(C(=O)Nc3ccc(C)cc32)C(C#N)=C(N)O1. The van der Waals surface area contributed by atoms with Crippen molar-refractivity contribution in [2.24, 2.45) is 5.73 Å². The second-order valence-electron chi connectivity index (χ2n) is 6.59. The zero-order valence-corrected chi connectivity index (χ0v) is 15.0. The number of carbonyl (C=O) groups excluding carboxylic acids is 2. The van der Waals surface area contributed by atoms with Crippen LogP contribution in [-0.2, 0) is 24.5 Å². The minimum Gasteiger partial charge on any atom is -0.459 e. The van der Waals surface area contributed by atoms with E-state index < -0.39 is 23.4 Å². The topological polar surface area (TPSA) is 114 Å². The van der Waals surface area contributed by atoms with E-state index in [1.807, 2.05) is 19.1 Å². The van der Waals surface area contributed by atoms with Gasteiger partial charge in [-0.15, -0.1) is 0 Å². The van der Waals surface area contributed by atoms with E-state index in [1.165, 1.54) is 6.92 Å². The summed E-state index contributed by atoms with van der Waals surface area (Å²) in [5.41, 5.74) is 5.96. The van der Waals surface area contributed by atoms with Gasteiger partial charge < -0.3 is 20.5 Å². The summed E-state index contributed by atoms with van der Waals surface area (Å²) in [5, 5.41) is 12.5. The Kier molecular flexibility index (Phi) is 3.99. The Hall–Kier alpha value is -3.27. The molecule has 3 N–H and O–H groups in total. The van der Waals surface area contributed by atoms with E-state index in [9.17, 15) is 14.9 Å². The Bertz CT molecular complexity index is 937. The van der Waals surface area contributed by atoms with Crippen LogP contribution in [0.15, 0.2) is 41.0 Å². The van der Waals surface area contributed by atoms with Gasteiger partial charge in [-0.2, -0.15) is 5.26 Å². The molecule has 0 aromatic heterocycles. The molecule has 0 aliphatic carbocycles. The van der Waals surface area contributed by atoms with Crippen LogP contribution in [0.4, 0.5) is 5.69 Å². The fourth-order valence-corrected chi connectivity index (χ4v) is 3.46. The molecule has 2 heterocycles. The largest absolute Gasteiger partial charge is 0.459 e. The van der Waals surface area contributed by atoms with Crippen LogP contribution in [-0.4, -0.2) is 18.0 Å². The van der Waals surface area contributed by atoms with Crippen molar-refractivity contribution in [3.05, 3.63) is 52.1 Å². The van der Waals surface area contributed by atoms with Crippen LogP contribution in [0.2, 0.25) is 0 Å². The molecule has 1 aromatic rings. The van der Waals surface area contributed by atoms with Crippen LogP contribution in [0, 0.1) is 18.3 Å². The van der Waals surface area contributed by atoms with Gasteiger partial charge in [0.15, 0.2) is 5.41 Å². The van der Waals surface area contributed by atoms with Crippen molar-refractivity contribution in [3.63, 3.8) is 0 Å². The number of nitriles is 1. The number of nitrogens with two attached hydrogens (primary N) is 1. The summed E-state index contributed by atoms with van der Waals surface area (Å²) in [7, 11) is 0. The predicted octanol–water partition coefficient (Wildman–Crippen LogP) is 2.13. The molecular formula is C19H19N3O4. The van der Waals surface area contributed by atoms with Crippen molar-refractivity contribution in [2.45, 2.75) is 39.2 Å². The smallest absolute Gasteiger partial charge is 0.339 e. The first kappa shape index (κ1) is 17.5. The quantitative estimate of drug-likeness (QED) is 0.787. The number of hydrogen-bond acceptors (Lipinski definition) is 6. The van der Waals surface area contributed by atoms with Crippen molar-refractivity contribution >= 4 is 17.6 Å². The van der Waals surface area contributed by atoms with E-state index in [0.717, 1.165) is 5.56 Å². The highest BCUT2D eigenvalue weighted by molar-refractivity contribution is 6.17. The van der Waals surface area contributed by atoms with Gasteiger partial charge in [-0.1, -0.05) is 17.7 Å². The maximum atomic E-state index is 13.1. The van der Waals surface area contributed by atoms with Crippen LogP contribution in [0.1, 0.15) is 31.9 Å². The van der Waals surface area contributed by atoms with E-state index in [4.69, 9.17) is 15.2 Å². The van der Waals surface area contributed by atoms with E-state index in [2.05, 4.69) is 5.32 Å². The van der Waals surface area contributed by atoms with E-state index >= 15 is 0 Å². The number of nitrogens with zero attached hydrogens (tertiary/aromatic N) is 1. The lowest BCUT2D eigenvalue weighted by Crippen LogP contribution is -2.46. The summed E-state index contributed by atoms with van der Waals surface area (Å²) in [4.78, 5) is 26.0. The number of fused-ring (bicyclic) bond motifs is 2. The van der Waals surface area contributed by atoms with Crippen LogP contribution >= 0.6 is 0 Å². The van der Waals surface area contributed by atoms with Crippen LogP contribution in [0.3, 0.4) is 0 Å². The molecule has 0 unspecified atom stereocenters. The molecule has 2 aliphatic heterocycles. The normalized spacial score (nSPS) is 21.5. The average molecular weight is 353 g/mol. The van der Waals surface area contributed by atoms with Crippen molar-refractivity contribution < 1.29 is 19.1 Å². The van der Waals surface area contributed by atoms with Gasteiger partial charge >= 0.3 is 5.97 Å². The Morgan fingerprint density at radius 1 is 1.38 bits per heavy atom. The molecule has 0 radical (unpaired) electrons. The summed E-state index contributed by atoms with van der Waals surface area (Å²) in [6, 6.07) is 7.29. The van der Waals surface area contributed by atoms with E-state index in [1.54, 1.807) is 26.0 Å². The number of rotatable bonds is 2. The molecule has 0 bridgehead atoms. The Morgan fingerprint density at radius 2 is 2.08 bits per heavy atom. The molecule has 7 heteroatoms. The molecule has 1 amide bonds. The molecule has 26 heavy (non-hydrogen) atoms. The van der Waals surface area contributed by atoms with E-state index in [-0.39, 0.29) is 22.8 Å². The maximum Gasteiger partial charge on any atom is 0.339 e. The number of ether oxygens (including phenoxy) is 2. The minimum atomic E-state index is -1.69.